The maximum Gasteiger partial charge on any atom is 0.166 e. The van der Waals surface area contributed by atoms with Gasteiger partial charge in [-0.25, -0.2) is 0 Å². The molecule has 0 aromatic heterocycles. The van der Waals surface area contributed by atoms with E-state index in [2.05, 4.69) is 35.2 Å². The molecule has 0 bridgehead atoms. The minimum atomic E-state index is -0.433. The molecule has 4 aliphatic rings. The van der Waals surface area contributed by atoms with Crippen LogP contribution in [0.1, 0.15) is 42.4 Å². The molecule has 2 heterocycles. The molecule has 156 valence electrons. The van der Waals surface area contributed by atoms with E-state index in [0.717, 1.165) is 42.5 Å². The average molecular weight is 404 g/mol. The topological polar surface area (TPSA) is 41.9 Å². The van der Waals surface area contributed by atoms with Crippen LogP contribution in [0.4, 0.5) is 0 Å². The molecule has 2 aromatic rings. The Hall–Kier alpha value is -2.30. The Morgan fingerprint density at radius 1 is 1.13 bits per heavy atom. The summed E-state index contributed by atoms with van der Waals surface area (Å²) in [5.41, 5.74) is 3.67. The van der Waals surface area contributed by atoms with Crippen LogP contribution in [0.15, 0.2) is 54.6 Å². The van der Waals surface area contributed by atoms with Crippen LogP contribution in [0.25, 0.3) is 0 Å². The Morgan fingerprint density at radius 3 is 2.83 bits per heavy atom. The van der Waals surface area contributed by atoms with Crippen LogP contribution in [-0.4, -0.2) is 35.3 Å². The standard InChI is InChI=1S/C26H29NO3/c28-21-10-11-26-12-13-27(15-18-6-7-18)16-20-8-9-22(25(24(20)26)30-23(26)14-21)29-17-19-4-2-1-3-5-19/h1-5,8-11,18,21,23,28H,6-7,12-17H2/t21-,23-,26-/m0/s1. The van der Waals surface area contributed by atoms with Gasteiger partial charge in [0.25, 0.3) is 0 Å². The maximum absolute atomic E-state index is 10.3. The molecule has 2 aliphatic carbocycles. The number of aliphatic hydroxyl groups excluding tert-OH is 1. The number of nitrogens with zero attached hydrogens (tertiary/aromatic N) is 1. The Kier molecular flexibility index (Phi) is 4.39. The molecule has 0 radical (unpaired) electrons. The van der Waals surface area contributed by atoms with Crippen molar-refractivity contribution in [1.82, 2.24) is 4.90 Å². The average Bonchev–Trinajstić information content (AvgIpc) is 3.53. The van der Waals surface area contributed by atoms with Gasteiger partial charge < -0.3 is 14.6 Å². The van der Waals surface area contributed by atoms with E-state index in [-0.39, 0.29) is 11.5 Å². The van der Waals surface area contributed by atoms with Crippen LogP contribution < -0.4 is 9.47 Å². The summed E-state index contributed by atoms with van der Waals surface area (Å²) in [6, 6.07) is 14.6. The molecular formula is C26H29NO3. The van der Waals surface area contributed by atoms with Crippen LogP contribution in [0.2, 0.25) is 0 Å². The fourth-order valence-electron chi connectivity index (χ4n) is 5.50. The van der Waals surface area contributed by atoms with Gasteiger partial charge in [0.05, 0.1) is 11.5 Å². The van der Waals surface area contributed by atoms with Crippen molar-refractivity contribution in [3.05, 3.63) is 71.3 Å². The first kappa shape index (κ1) is 18.5. The van der Waals surface area contributed by atoms with Gasteiger partial charge in [-0.3, -0.25) is 4.90 Å². The highest BCUT2D eigenvalue weighted by Crippen LogP contribution is 2.56. The second kappa shape index (κ2) is 7.14. The van der Waals surface area contributed by atoms with E-state index in [0.29, 0.717) is 13.0 Å². The fourth-order valence-corrected chi connectivity index (χ4v) is 5.50. The summed E-state index contributed by atoms with van der Waals surface area (Å²) >= 11 is 0. The van der Waals surface area contributed by atoms with E-state index in [1.807, 2.05) is 24.3 Å². The molecule has 4 nitrogen and oxygen atoms in total. The summed E-state index contributed by atoms with van der Waals surface area (Å²) in [4.78, 5) is 2.63. The van der Waals surface area contributed by atoms with Crippen molar-refractivity contribution in [1.29, 1.82) is 0 Å². The van der Waals surface area contributed by atoms with E-state index in [4.69, 9.17) is 9.47 Å². The molecule has 1 saturated carbocycles. The molecule has 1 N–H and O–H groups in total. The summed E-state index contributed by atoms with van der Waals surface area (Å²) in [5, 5.41) is 10.3. The minimum Gasteiger partial charge on any atom is -0.485 e. The summed E-state index contributed by atoms with van der Waals surface area (Å²) in [5.74, 6) is 2.61. The lowest BCUT2D eigenvalue weighted by Crippen LogP contribution is -2.43. The van der Waals surface area contributed by atoms with Gasteiger partial charge in [-0.1, -0.05) is 48.6 Å². The number of hydrogen-bond acceptors (Lipinski definition) is 4. The summed E-state index contributed by atoms with van der Waals surface area (Å²) in [6.07, 6.45) is 8.20. The van der Waals surface area contributed by atoms with Crippen molar-refractivity contribution in [2.75, 3.05) is 13.1 Å². The van der Waals surface area contributed by atoms with Crippen molar-refractivity contribution < 1.29 is 14.6 Å². The molecule has 4 heteroatoms. The Balaban J connectivity index is 1.37. The van der Waals surface area contributed by atoms with Gasteiger partial charge in [0.15, 0.2) is 11.5 Å². The summed E-state index contributed by atoms with van der Waals surface area (Å²) < 4.78 is 12.8. The third kappa shape index (κ3) is 3.14. The molecule has 2 aromatic carbocycles. The molecule has 1 fully saturated rings. The van der Waals surface area contributed by atoms with Gasteiger partial charge in [0, 0.05) is 25.1 Å². The number of ether oxygens (including phenoxy) is 2. The zero-order valence-electron chi connectivity index (χ0n) is 17.3. The summed E-state index contributed by atoms with van der Waals surface area (Å²) in [6.45, 7) is 3.78. The molecule has 0 saturated heterocycles. The van der Waals surface area contributed by atoms with Crippen LogP contribution >= 0.6 is 0 Å². The van der Waals surface area contributed by atoms with E-state index in [1.54, 1.807) is 0 Å². The largest absolute Gasteiger partial charge is 0.485 e. The molecule has 0 amide bonds. The second-order valence-electron chi connectivity index (χ2n) is 9.44. The maximum atomic E-state index is 10.3. The highest BCUT2D eigenvalue weighted by molar-refractivity contribution is 5.61. The lowest BCUT2D eigenvalue weighted by molar-refractivity contribution is 0.0801. The van der Waals surface area contributed by atoms with Gasteiger partial charge in [-0.15, -0.1) is 0 Å². The molecule has 6 rings (SSSR count). The summed E-state index contributed by atoms with van der Waals surface area (Å²) in [7, 11) is 0. The smallest absolute Gasteiger partial charge is 0.166 e. The van der Waals surface area contributed by atoms with Crippen LogP contribution in [0.5, 0.6) is 11.5 Å². The van der Waals surface area contributed by atoms with Crippen molar-refractivity contribution in [3.8, 4) is 11.5 Å². The van der Waals surface area contributed by atoms with E-state index in [9.17, 15) is 5.11 Å². The van der Waals surface area contributed by atoms with Crippen LogP contribution in [0.3, 0.4) is 0 Å². The zero-order valence-corrected chi connectivity index (χ0v) is 17.3. The molecule has 30 heavy (non-hydrogen) atoms. The fraction of sp³-hybridized carbons (Fsp3) is 0.462. The van der Waals surface area contributed by atoms with E-state index >= 15 is 0 Å². The predicted molar refractivity (Wildman–Crippen MR) is 116 cm³/mol. The van der Waals surface area contributed by atoms with Crippen LogP contribution in [0, 0.1) is 5.92 Å². The third-order valence-corrected chi connectivity index (χ3v) is 7.27. The second-order valence-corrected chi connectivity index (χ2v) is 9.44. The van der Waals surface area contributed by atoms with Crippen molar-refractivity contribution in [2.45, 2.75) is 56.5 Å². The first-order chi connectivity index (χ1) is 14.7. The quantitative estimate of drug-likeness (QED) is 0.760. The Bertz CT molecular complexity index is 968. The number of rotatable bonds is 5. The van der Waals surface area contributed by atoms with Crippen molar-refractivity contribution >= 4 is 0 Å². The minimum absolute atomic E-state index is 0.0198. The molecular weight excluding hydrogens is 374 g/mol. The van der Waals surface area contributed by atoms with Gasteiger partial charge in [-0.2, -0.15) is 0 Å². The Labute approximate surface area is 178 Å². The monoisotopic (exact) mass is 403 g/mol. The SMILES string of the molecule is O[C@H]1C=C[C@@]23CCN(CC4CC4)Cc4ccc(OCc5ccccc5)c(c42)O[C@H]3C1. The van der Waals surface area contributed by atoms with Crippen LogP contribution in [-0.2, 0) is 18.6 Å². The highest BCUT2D eigenvalue weighted by Gasteiger charge is 2.53. The van der Waals surface area contributed by atoms with Gasteiger partial charge in [-0.05, 0) is 48.9 Å². The zero-order chi connectivity index (χ0) is 20.1. The molecule has 2 aliphatic heterocycles. The third-order valence-electron chi connectivity index (χ3n) is 7.27. The number of aliphatic hydroxyl groups is 1. The first-order valence-electron chi connectivity index (χ1n) is 11.3. The number of benzene rings is 2. The van der Waals surface area contributed by atoms with Crippen molar-refractivity contribution in [3.63, 3.8) is 0 Å². The lowest BCUT2D eigenvalue weighted by atomic mass is 9.69. The number of hydrogen-bond donors (Lipinski definition) is 1. The first-order valence-corrected chi connectivity index (χ1v) is 11.3. The lowest BCUT2D eigenvalue weighted by Gasteiger charge is -2.35. The van der Waals surface area contributed by atoms with Gasteiger partial charge in [0.1, 0.15) is 12.7 Å². The van der Waals surface area contributed by atoms with Gasteiger partial charge in [0.2, 0.25) is 0 Å². The van der Waals surface area contributed by atoms with Gasteiger partial charge >= 0.3 is 0 Å². The highest BCUT2D eigenvalue weighted by atomic mass is 16.5. The molecule has 0 unspecified atom stereocenters. The molecule has 1 spiro atoms. The van der Waals surface area contributed by atoms with Crippen molar-refractivity contribution in [2.24, 2.45) is 5.92 Å². The van der Waals surface area contributed by atoms with E-state index < -0.39 is 6.10 Å². The molecule has 3 atom stereocenters. The predicted octanol–water partition coefficient (Wildman–Crippen LogP) is 4.20. The normalized spacial score (nSPS) is 29.6. The Morgan fingerprint density at radius 2 is 2.00 bits per heavy atom. The van der Waals surface area contributed by atoms with E-state index in [1.165, 1.54) is 30.5 Å².